The van der Waals surface area contributed by atoms with Crippen LogP contribution in [0.25, 0.3) is 0 Å². The van der Waals surface area contributed by atoms with Crippen molar-refractivity contribution >= 4 is 0 Å². The van der Waals surface area contributed by atoms with Crippen LogP contribution < -0.4 is 5.32 Å². The Kier molecular flexibility index (Phi) is 4.95. The number of hydrogen-bond acceptors (Lipinski definition) is 3. The molecule has 1 aromatic heterocycles. The first-order valence-electron chi connectivity index (χ1n) is 6.67. The molecule has 1 atom stereocenters. The Labute approximate surface area is 104 Å². The molecule has 1 aliphatic heterocycles. The molecule has 0 aliphatic carbocycles. The van der Waals surface area contributed by atoms with E-state index in [9.17, 15) is 0 Å². The fraction of sp³-hybridized carbons (Fsp3) is 0.643. The summed E-state index contributed by atoms with van der Waals surface area (Å²) in [4.78, 5) is 6.88. The highest BCUT2D eigenvalue weighted by molar-refractivity contribution is 5.03. The van der Waals surface area contributed by atoms with Gasteiger partial charge < -0.3 is 10.2 Å². The quantitative estimate of drug-likeness (QED) is 0.858. The molecule has 94 valence electrons. The zero-order valence-corrected chi connectivity index (χ0v) is 10.7. The van der Waals surface area contributed by atoms with Crippen LogP contribution in [0.2, 0.25) is 0 Å². The van der Waals surface area contributed by atoms with Gasteiger partial charge in [-0.15, -0.1) is 0 Å². The van der Waals surface area contributed by atoms with Gasteiger partial charge in [-0.3, -0.25) is 4.98 Å². The van der Waals surface area contributed by atoms with Crippen molar-refractivity contribution in [3.05, 3.63) is 30.1 Å². The summed E-state index contributed by atoms with van der Waals surface area (Å²) in [6.45, 7) is 3.46. The van der Waals surface area contributed by atoms with Gasteiger partial charge in [0.2, 0.25) is 0 Å². The summed E-state index contributed by atoms with van der Waals surface area (Å²) in [5, 5.41) is 3.47. The number of nitrogens with zero attached hydrogens (tertiary/aromatic N) is 2. The highest BCUT2D eigenvalue weighted by Crippen LogP contribution is 2.12. The third-order valence-corrected chi connectivity index (χ3v) is 3.62. The first-order valence-corrected chi connectivity index (χ1v) is 6.67. The first-order chi connectivity index (χ1) is 8.36. The van der Waals surface area contributed by atoms with Crippen LogP contribution in [-0.2, 0) is 6.42 Å². The minimum atomic E-state index is 0.744. The smallest absolute Gasteiger partial charge is 0.0416 e. The van der Waals surface area contributed by atoms with Crippen LogP contribution in [0.1, 0.15) is 25.0 Å². The topological polar surface area (TPSA) is 28.2 Å². The number of aromatic nitrogens is 1. The average Bonchev–Trinajstić information content (AvgIpc) is 2.66. The minimum absolute atomic E-state index is 0.744. The van der Waals surface area contributed by atoms with Crippen molar-refractivity contribution in [3.8, 4) is 0 Å². The number of nitrogens with one attached hydrogen (secondary N) is 1. The SMILES string of the molecule is CN(CCc1ccccn1)C1CCCNCC1. The van der Waals surface area contributed by atoms with Crippen LogP contribution >= 0.6 is 0 Å². The van der Waals surface area contributed by atoms with Gasteiger partial charge in [-0.1, -0.05) is 6.07 Å². The summed E-state index contributed by atoms with van der Waals surface area (Å²) in [6.07, 6.45) is 6.84. The van der Waals surface area contributed by atoms with Gasteiger partial charge in [-0.2, -0.15) is 0 Å². The summed E-state index contributed by atoms with van der Waals surface area (Å²) >= 11 is 0. The predicted octanol–water partition coefficient (Wildman–Crippen LogP) is 1.70. The van der Waals surface area contributed by atoms with E-state index in [1.54, 1.807) is 0 Å². The number of likely N-dealkylation sites (N-methyl/N-ethyl adjacent to an activating group) is 1. The van der Waals surface area contributed by atoms with E-state index in [2.05, 4.69) is 34.4 Å². The van der Waals surface area contributed by atoms with E-state index in [1.807, 2.05) is 12.3 Å². The van der Waals surface area contributed by atoms with Crippen LogP contribution in [0.4, 0.5) is 0 Å². The van der Waals surface area contributed by atoms with Crippen molar-refractivity contribution in [2.75, 3.05) is 26.7 Å². The summed E-state index contributed by atoms with van der Waals surface area (Å²) < 4.78 is 0. The molecule has 3 nitrogen and oxygen atoms in total. The lowest BCUT2D eigenvalue weighted by atomic mass is 10.1. The maximum Gasteiger partial charge on any atom is 0.0416 e. The number of hydrogen-bond donors (Lipinski definition) is 1. The zero-order valence-electron chi connectivity index (χ0n) is 10.7. The van der Waals surface area contributed by atoms with E-state index in [0.29, 0.717) is 0 Å². The molecular formula is C14H23N3. The summed E-state index contributed by atoms with van der Waals surface area (Å²) in [6, 6.07) is 6.90. The third-order valence-electron chi connectivity index (χ3n) is 3.62. The molecule has 1 unspecified atom stereocenters. The second-order valence-electron chi connectivity index (χ2n) is 4.89. The molecule has 1 aliphatic rings. The Morgan fingerprint density at radius 2 is 2.29 bits per heavy atom. The molecule has 1 aromatic rings. The van der Waals surface area contributed by atoms with E-state index in [-0.39, 0.29) is 0 Å². The standard InChI is InChI=1S/C14H23N3/c1-17(14-6-4-9-15-11-7-14)12-8-13-5-2-3-10-16-13/h2-3,5,10,14-15H,4,6-9,11-12H2,1H3. The molecule has 0 spiro atoms. The van der Waals surface area contributed by atoms with Gasteiger partial charge in [0.05, 0.1) is 0 Å². The Balaban J connectivity index is 1.78. The molecule has 1 saturated heterocycles. The number of rotatable bonds is 4. The van der Waals surface area contributed by atoms with E-state index in [0.717, 1.165) is 19.0 Å². The van der Waals surface area contributed by atoms with E-state index in [4.69, 9.17) is 0 Å². The van der Waals surface area contributed by atoms with Gasteiger partial charge in [0.1, 0.15) is 0 Å². The molecule has 0 bridgehead atoms. The molecule has 2 rings (SSSR count). The van der Waals surface area contributed by atoms with Gasteiger partial charge in [0.25, 0.3) is 0 Å². The molecular weight excluding hydrogens is 210 g/mol. The molecule has 1 fully saturated rings. The molecule has 0 aromatic carbocycles. The molecule has 0 saturated carbocycles. The van der Waals surface area contributed by atoms with Crippen molar-refractivity contribution in [1.29, 1.82) is 0 Å². The van der Waals surface area contributed by atoms with Gasteiger partial charge in [-0.05, 0) is 51.5 Å². The van der Waals surface area contributed by atoms with E-state index < -0.39 is 0 Å². The lowest BCUT2D eigenvalue weighted by Gasteiger charge is -2.26. The van der Waals surface area contributed by atoms with Crippen LogP contribution in [-0.4, -0.2) is 42.6 Å². The highest BCUT2D eigenvalue weighted by atomic mass is 15.1. The number of pyridine rings is 1. The first kappa shape index (κ1) is 12.5. The summed E-state index contributed by atoms with van der Waals surface area (Å²) in [5.74, 6) is 0. The second-order valence-corrected chi connectivity index (χ2v) is 4.89. The fourth-order valence-corrected chi connectivity index (χ4v) is 2.46. The maximum absolute atomic E-state index is 4.38. The Hall–Kier alpha value is -0.930. The molecule has 17 heavy (non-hydrogen) atoms. The summed E-state index contributed by atoms with van der Waals surface area (Å²) in [5.41, 5.74) is 1.20. The average molecular weight is 233 g/mol. The lowest BCUT2D eigenvalue weighted by Crippen LogP contribution is -2.34. The largest absolute Gasteiger partial charge is 0.317 e. The van der Waals surface area contributed by atoms with E-state index >= 15 is 0 Å². The van der Waals surface area contributed by atoms with Crippen molar-refractivity contribution in [1.82, 2.24) is 15.2 Å². The molecule has 1 N–H and O–H groups in total. The fourth-order valence-electron chi connectivity index (χ4n) is 2.46. The molecule has 0 amide bonds. The van der Waals surface area contributed by atoms with Gasteiger partial charge in [0, 0.05) is 30.9 Å². The zero-order chi connectivity index (χ0) is 11.9. The lowest BCUT2D eigenvalue weighted by molar-refractivity contribution is 0.226. The van der Waals surface area contributed by atoms with Crippen LogP contribution in [0.15, 0.2) is 24.4 Å². The normalized spacial score (nSPS) is 21.4. The van der Waals surface area contributed by atoms with Gasteiger partial charge in [0.15, 0.2) is 0 Å². The maximum atomic E-state index is 4.38. The van der Waals surface area contributed by atoms with E-state index in [1.165, 1.54) is 38.0 Å². The van der Waals surface area contributed by atoms with Crippen molar-refractivity contribution in [2.24, 2.45) is 0 Å². The van der Waals surface area contributed by atoms with Crippen LogP contribution in [0, 0.1) is 0 Å². The van der Waals surface area contributed by atoms with Crippen molar-refractivity contribution < 1.29 is 0 Å². The Morgan fingerprint density at radius 1 is 1.35 bits per heavy atom. The van der Waals surface area contributed by atoms with Crippen molar-refractivity contribution in [2.45, 2.75) is 31.7 Å². The molecule has 0 radical (unpaired) electrons. The highest BCUT2D eigenvalue weighted by Gasteiger charge is 2.16. The minimum Gasteiger partial charge on any atom is -0.317 e. The monoisotopic (exact) mass is 233 g/mol. The Bertz CT molecular complexity index is 305. The van der Waals surface area contributed by atoms with Crippen molar-refractivity contribution in [3.63, 3.8) is 0 Å². The second kappa shape index (κ2) is 6.72. The molecule has 2 heterocycles. The van der Waals surface area contributed by atoms with Crippen LogP contribution in [0.5, 0.6) is 0 Å². The predicted molar refractivity (Wildman–Crippen MR) is 71.1 cm³/mol. The van der Waals surface area contributed by atoms with Gasteiger partial charge >= 0.3 is 0 Å². The Morgan fingerprint density at radius 3 is 3.12 bits per heavy atom. The summed E-state index contributed by atoms with van der Waals surface area (Å²) in [7, 11) is 2.25. The third kappa shape index (κ3) is 4.10. The molecule has 3 heteroatoms. The van der Waals surface area contributed by atoms with Gasteiger partial charge in [-0.25, -0.2) is 0 Å². The van der Waals surface area contributed by atoms with Crippen LogP contribution in [0.3, 0.4) is 0 Å².